The molecule has 0 aliphatic rings. The van der Waals surface area contributed by atoms with Gasteiger partial charge in [-0.2, -0.15) is 0 Å². The number of nitrogens with zero attached hydrogens (tertiary/aromatic N) is 2. The molecule has 100 valence electrons. The maximum atomic E-state index is 12.1. The minimum absolute atomic E-state index is 0.120. The van der Waals surface area contributed by atoms with Crippen LogP contribution in [0.2, 0.25) is 10.2 Å². The molecule has 2 aromatic heterocycles. The van der Waals surface area contributed by atoms with Crippen LogP contribution in [-0.2, 0) is 0 Å². The molecule has 1 unspecified atom stereocenters. The van der Waals surface area contributed by atoms with E-state index in [0.717, 1.165) is 10.7 Å². The molecule has 0 saturated heterocycles. The summed E-state index contributed by atoms with van der Waals surface area (Å²) in [5.41, 5.74) is 1.05. The van der Waals surface area contributed by atoms with Crippen molar-refractivity contribution in [2.24, 2.45) is 0 Å². The Kier molecular flexibility index (Phi) is 4.39. The van der Waals surface area contributed by atoms with E-state index in [1.165, 1.54) is 17.4 Å². The van der Waals surface area contributed by atoms with Crippen molar-refractivity contribution in [3.05, 3.63) is 44.1 Å². The standard InChI is InChI=1S/C12H11Cl2N3OS/c1-6-5-19-12(15-6)7(2)16-11(18)10-8(13)3-4-9(14)17-10/h3-5,7H,1-2H3,(H,16,18). The van der Waals surface area contributed by atoms with Gasteiger partial charge in [0.15, 0.2) is 0 Å². The lowest BCUT2D eigenvalue weighted by Gasteiger charge is -2.11. The second-order valence-corrected chi connectivity index (χ2v) is 5.67. The van der Waals surface area contributed by atoms with E-state index in [0.29, 0.717) is 0 Å². The maximum absolute atomic E-state index is 12.1. The molecule has 0 aliphatic heterocycles. The van der Waals surface area contributed by atoms with Crippen LogP contribution in [0.4, 0.5) is 0 Å². The van der Waals surface area contributed by atoms with Crippen molar-refractivity contribution in [3.63, 3.8) is 0 Å². The average molecular weight is 316 g/mol. The zero-order chi connectivity index (χ0) is 14.0. The second-order valence-electron chi connectivity index (χ2n) is 3.99. The SMILES string of the molecule is Cc1csc(C(C)NC(=O)c2nc(Cl)ccc2Cl)n1. The van der Waals surface area contributed by atoms with Crippen molar-refractivity contribution < 1.29 is 4.79 Å². The molecule has 19 heavy (non-hydrogen) atoms. The van der Waals surface area contributed by atoms with Crippen LogP contribution in [0.25, 0.3) is 0 Å². The molecule has 4 nitrogen and oxygen atoms in total. The van der Waals surface area contributed by atoms with Crippen molar-refractivity contribution >= 4 is 40.4 Å². The first-order valence-electron chi connectivity index (χ1n) is 5.52. The van der Waals surface area contributed by atoms with Crippen LogP contribution in [0, 0.1) is 6.92 Å². The van der Waals surface area contributed by atoms with E-state index in [2.05, 4.69) is 15.3 Å². The summed E-state index contributed by atoms with van der Waals surface area (Å²) >= 11 is 13.2. The molecule has 2 heterocycles. The molecule has 0 fully saturated rings. The topological polar surface area (TPSA) is 54.9 Å². The van der Waals surface area contributed by atoms with Gasteiger partial charge in [0.05, 0.1) is 11.1 Å². The normalized spacial score (nSPS) is 12.2. The summed E-state index contributed by atoms with van der Waals surface area (Å²) in [6, 6.07) is 2.88. The van der Waals surface area contributed by atoms with E-state index < -0.39 is 0 Å². The lowest BCUT2D eigenvalue weighted by atomic mass is 10.3. The number of hydrogen-bond acceptors (Lipinski definition) is 4. The molecule has 1 amide bonds. The zero-order valence-corrected chi connectivity index (χ0v) is 12.6. The Bertz CT molecular complexity index is 615. The lowest BCUT2D eigenvalue weighted by Crippen LogP contribution is -2.27. The minimum Gasteiger partial charge on any atom is -0.342 e. The first kappa shape index (κ1) is 14.2. The molecule has 0 aromatic carbocycles. The van der Waals surface area contributed by atoms with Crippen LogP contribution in [-0.4, -0.2) is 15.9 Å². The highest BCUT2D eigenvalue weighted by Crippen LogP contribution is 2.20. The fourth-order valence-corrected chi connectivity index (χ4v) is 2.62. The van der Waals surface area contributed by atoms with Crippen molar-refractivity contribution in [2.45, 2.75) is 19.9 Å². The monoisotopic (exact) mass is 315 g/mol. The number of amides is 1. The van der Waals surface area contributed by atoms with Gasteiger partial charge in [-0.15, -0.1) is 11.3 Å². The number of carbonyl (C=O) groups is 1. The van der Waals surface area contributed by atoms with Crippen LogP contribution in [0.5, 0.6) is 0 Å². The molecule has 0 saturated carbocycles. The number of rotatable bonds is 3. The van der Waals surface area contributed by atoms with Crippen molar-refractivity contribution in [1.82, 2.24) is 15.3 Å². The highest BCUT2D eigenvalue weighted by Gasteiger charge is 2.17. The molecular weight excluding hydrogens is 305 g/mol. The number of pyridine rings is 1. The van der Waals surface area contributed by atoms with Crippen LogP contribution in [0.1, 0.15) is 34.2 Å². The van der Waals surface area contributed by atoms with Gasteiger partial charge in [-0.05, 0) is 26.0 Å². The highest BCUT2D eigenvalue weighted by atomic mass is 35.5. The Morgan fingerprint density at radius 2 is 2.11 bits per heavy atom. The predicted molar refractivity (Wildman–Crippen MR) is 77.0 cm³/mol. The summed E-state index contributed by atoms with van der Waals surface area (Å²) in [5.74, 6) is -0.368. The average Bonchev–Trinajstić information content (AvgIpc) is 2.79. The Labute approximate surface area is 124 Å². The quantitative estimate of drug-likeness (QED) is 0.880. The van der Waals surface area contributed by atoms with E-state index in [1.807, 2.05) is 19.2 Å². The summed E-state index contributed by atoms with van der Waals surface area (Å²) < 4.78 is 0. The molecule has 0 spiro atoms. The second kappa shape index (κ2) is 5.86. The van der Waals surface area contributed by atoms with Gasteiger partial charge in [0.25, 0.3) is 5.91 Å². The molecule has 1 N–H and O–H groups in total. The predicted octanol–water partition coefficient (Wildman–Crippen LogP) is 3.64. The third kappa shape index (κ3) is 3.43. The van der Waals surface area contributed by atoms with E-state index in [4.69, 9.17) is 23.2 Å². The number of aryl methyl sites for hydroxylation is 1. The summed E-state index contributed by atoms with van der Waals surface area (Å²) in [6.45, 7) is 3.76. The van der Waals surface area contributed by atoms with Crippen LogP contribution < -0.4 is 5.32 Å². The number of carbonyl (C=O) groups excluding carboxylic acids is 1. The van der Waals surface area contributed by atoms with Crippen LogP contribution >= 0.6 is 34.5 Å². The fourth-order valence-electron chi connectivity index (χ4n) is 1.48. The maximum Gasteiger partial charge on any atom is 0.272 e. The molecule has 7 heteroatoms. The van der Waals surface area contributed by atoms with E-state index in [1.54, 1.807) is 6.07 Å². The van der Waals surface area contributed by atoms with E-state index >= 15 is 0 Å². The largest absolute Gasteiger partial charge is 0.342 e. The highest BCUT2D eigenvalue weighted by molar-refractivity contribution is 7.09. The van der Waals surface area contributed by atoms with Gasteiger partial charge in [-0.1, -0.05) is 23.2 Å². The Morgan fingerprint density at radius 1 is 1.37 bits per heavy atom. The Balaban J connectivity index is 2.15. The fraction of sp³-hybridized carbons (Fsp3) is 0.250. The molecule has 0 bridgehead atoms. The van der Waals surface area contributed by atoms with Gasteiger partial charge < -0.3 is 5.32 Å². The summed E-state index contributed by atoms with van der Waals surface area (Å²) in [7, 11) is 0. The third-order valence-electron chi connectivity index (χ3n) is 2.38. The first-order valence-corrected chi connectivity index (χ1v) is 7.16. The van der Waals surface area contributed by atoms with Gasteiger partial charge in [0.1, 0.15) is 15.9 Å². The molecule has 0 aliphatic carbocycles. The first-order chi connectivity index (χ1) is 8.97. The smallest absolute Gasteiger partial charge is 0.272 e. The molecule has 2 rings (SSSR count). The lowest BCUT2D eigenvalue weighted by molar-refractivity contribution is 0.0935. The molecule has 2 aromatic rings. The molecule has 0 radical (unpaired) electrons. The number of nitrogens with one attached hydrogen (secondary N) is 1. The third-order valence-corrected chi connectivity index (χ3v) is 4.04. The van der Waals surface area contributed by atoms with Crippen LogP contribution in [0.15, 0.2) is 17.5 Å². The Hall–Kier alpha value is -1.17. The van der Waals surface area contributed by atoms with Crippen molar-refractivity contribution in [3.8, 4) is 0 Å². The van der Waals surface area contributed by atoms with E-state index in [-0.39, 0.29) is 27.8 Å². The van der Waals surface area contributed by atoms with Gasteiger partial charge in [0.2, 0.25) is 0 Å². The van der Waals surface area contributed by atoms with Crippen molar-refractivity contribution in [1.29, 1.82) is 0 Å². The number of halogens is 2. The van der Waals surface area contributed by atoms with Gasteiger partial charge in [0, 0.05) is 11.1 Å². The van der Waals surface area contributed by atoms with Gasteiger partial charge in [-0.3, -0.25) is 4.79 Å². The van der Waals surface area contributed by atoms with Crippen molar-refractivity contribution in [2.75, 3.05) is 0 Å². The molecular formula is C12H11Cl2N3OS. The Morgan fingerprint density at radius 3 is 2.74 bits per heavy atom. The zero-order valence-electron chi connectivity index (χ0n) is 10.3. The van der Waals surface area contributed by atoms with E-state index in [9.17, 15) is 4.79 Å². The molecule has 1 atom stereocenters. The summed E-state index contributed by atoms with van der Waals surface area (Å²) in [4.78, 5) is 20.3. The van der Waals surface area contributed by atoms with Gasteiger partial charge in [-0.25, -0.2) is 9.97 Å². The van der Waals surface area contributed by atoms with Gasteiger partial charge >= 0.3 is 0 Å². The number of hydrogen-bond donors (Lipinski definition) is 1. The van der Waals surface area contributed by atoms with Crippen LogP contribution in [0.3, 0.4) is 0 Å². The summed E-state index contributed by atoms with van der Waals surface area (Å²) in [5, 5.41) is 6.06. The summed E-state index contributed by atoms with van der Waals surface area (Å²) in [6.07, 6.45) is 0. The minimum atomic E-state index is -0.368. The number of thiazole rings is 1. The number of aromatic nitrogens is 2.